The highest BCUT2D eigenvalue weighted by atomic mass is 16.5. The standard InChI is InChI=1S/C30H28N4O6/c1-39-18-6-8-23-20(14-18)26(10-13-31-23)40-19-7-9-27(32-16-19)33-28(37)22-15-21-24(4-2-5-25(21)36)34(29(22)38)30(17-35)11-3-12-30/h6-10,13-16,35H,2-5,11-12,17H2,1H3,(H,32,33,37). The van der Waals surface area contributed by atoms with Gasteiger partial charge in [-0.2, -0.15) is 0 Å². The Morgan fingerprint density at radius 2 is 1.88 bits per heavy atom. The summed E-state index contributed by atoms with van der Waals surface area (Å²) in [4.78, 5) is 48.3. The molecule has 0 unspecified atom stereocenters. The Labute approximate surface area is 229 Å². The van der Waals surface area contributed by atoms with E-state index in [2.05, 4.69) is 15.3 Å². The molecular formula is C30H28N4O6. The highest BCUT2D eigenvalue weighted by Gasteiger charge is 2.42. The fourth-order valence-electron chi connectivity index (χ4n) is 5.53. The van der Waals surface area contributed by atoms with Crippen molar-refractivity contribution in [1.82, 2.24) is 14.5 Å². The molecule has 6 rings (SSSR count). The van der Waals surface area contributed by atoms with Crippen LogP contribution in [0.4, 0.5) is 5.82 Å². The van der Waals surface area contributed by atoms with Gasteiger partial charge in [-0.25, -0.2) is 4.98 Å². The Hall–Kier alpha value is -4.57. The van der Waals surface area contributed by atoms with Crippen LogP contribution in [0.3, 0.4) is 0 Å². The average Bonchev–Trinajstić information content (AvgIpc) is 2.94. The van der Waals surface area contributed by atoms with E-state index in [1.54, 1.807) is 31.5 Å². The molecule has 1 fully saturated rings. The Morgan fingerprint density at radius 3 is 2.58 bits per heavy atom. The number of carbonyl (C=O) groups is 2. The summed E-state index contributed by atoms with van der Waals surface area (Å²) in [5.41, 5.74) is 0.330. The van der Waals surface area contributed by atoms with Crippen LogP contribution in [0.25, 0.3) is 10.9 Å². The van der Waals surface area contributed by atoms with Crippen molar-refractivity contribution in [1.29, 1.82) is 0 Å². The zero-order valence-electron chi connectivity index (χ0n) is 22.0. The number of amides is 1. The molecule has 0 saturated heterocycles. The summed E-state index contributed by atoms with van der Waals surface area (Å²) in [7, 11) is 1.59. The number of rotatable bonds is 7. The van der Waals surface area contributed by atoms with Crippen molar-refractivity contribution in [3.05, 3.63) is 82.0 Å². The second-order valence-corrected chi connectivity index (χ2v) is 10.2. The minimum atomic E-state index is -0.770. The molecule has 0 spiro atoms. The zero-order chi connectivity index (χ0) is 27.9. The number of hydrogen-bond acceptors (Lipinski definition) is 8. The second-order valence-electron chi connectivity index (χ2n) is 10.2. The van der Waals surface area contributed by atoms with Crippen LogP contribution < -0.4 is 20.3 Å². The van der Waals surface area contributed by atoms with Gasteiger partial charge in [0, 0.05) is 29.3 Å². The number of aliphatic hydroxyl groups excluding tert-OH is 1. The number of hydrogen-bond donors (Lipinski definition) is 2. The van der Waals surface area contributed by atoms with Crippen molar-refractivity contribution in [2.45, 2.75) is 44.1 Å². The third kappa shape index (κ3) is 4.40. The molecule has 0 atom stereocenters. The average molecular weight is 541 g/mol. The Bertz CT molecular complexity index is 1690. The summed E-state index contributed by atoms with van der Waals surface area (Å²) >= 11 is 0. The van der Waals surface area contributed by atoms with Crippen LogP contribution >= 0.6 is 0 Å². The third-order valence-corrected chi connectivity index (χ3v) is 7.83. The lowest BCUT2D eigenvalue weighted by atomic mass is 9.75. The normalized spacial score (nSPS) is 15.7. The van der Waals surface area contributed by atoms with Crippen LogP contribution in [-0.4, -0.2) is 45.0 Å². The zero-order valence-corrected chi connectivity index (χ0v) is 22.0. The number of fused-ring (bicyclic) bond motifs is 2. The summed E-state index contributed by atoms with van der Waals surface area (Å²) in [5.74, 6) is 1.12. The van der Waals surface area contributed by atoms with Crippen LogP contribution in [0.1, 0.15) is 58.5 Å². The predicted octanol–water partition coefficient (Wildman–Crippen LogP) is 4.24. The van der Waals surface area contributed by atoms with Gasteiger partial charge >= 0.3 is 0 Å². The molecule has 204 valence electrons. The number of methoxy groups -OCH3 is 1. The Morgan fingerprint density at radius 1 is 1.05 bits per heavy atom. The number of benzene rings is 1. The van der Waals surface area contributed by atoms with Crippen LogP contribution in [-0.2, 0) is 12.0 Å². The number of nitrogens with one attached hydrogen (secondary N) is 1. The number of Topliss-reactive ketones (excluding diaryl/α,β-unsaturated/α-hetero) is 1. The van der Waals surface area contributed by atoms with Gasteiger partial charge in [-0.15, -0.1) is 0 Å². The Kier molecular flexibility index (Phi) is 6.55. The van der Waals surface area contributed by atoms with Crippen LogP contribution in [0, 0.1) is 0 Å². The first kappa shape index (κ1) is 25.7. The first-order chi connectivity index (χ1) is 19.4. The van der Waals surface area contributed by atoms with Gasteiger partial charge in [0.2, 0.25) is 0 Å². The molecule has 4 aromatic rings. The smallest absolute Gasteiger partial charge is 0.264 e. The molecule has 0 aliphatic heterocycles. The van der Waals surface area contributed by atoms with Gasteiger partial charge in [-0.1, -0.05) is 0 Å². The lowest BCUT2D eigenvalue weighted by molar-refractivity contribution is 0.0481. The second kappa shape index (κ2) is 10.2. The van der Waals surface area contributed by atoms with E-state index in [1.807, 2.05) is 18.2 Å². The number of anilines is 1. The van der Waals surface area contributed by atoms with Crippen LogP contribution in [0.2, 0.25) is 0 Å². The van der Waals surface area contributed by atoms with E-state index in [0.29, 0.717) is 60.6 Å². The number of aromatic nitrogens is 3. The van der Waals surface area contributed by atoms with Crippen molar-refractivity contribution in [3.8, 4) is 17.2 Å². The number of carbonyl (C=O) groups excluding carboxylic acids is 2. The molecule has 2 N–H and O–H groups in total. The van der Waals surface area contributed by atoms with Crippen molar-refractivity contribution in [2.24, 2.45) is 0 Å². The molecule has 2 aliphatic rings. The van der Waals surface area contributed by atoms with E-state index in [1.165, 1.54) is 16.8 Å². The number of pyridine rings is 3. The molecule has 1 aromatic carbocycles. The quantitative estimate of drug-likeness (QED) is 0.356. The number of aliphatic hydroxyl groups is 1. The minimum absolute atomic E-state index is 0.0997. The first-order valence-corrected chi connectivity index (χ1v) is 13.2. The SMILES string of the molecule is COc1ccc2nccc(Oc3ccc(NC(=O)c4cc5c(n(C6(CO)CCC6)c4=O)CCCC5=O)nc3)c2c1. The molecule has 3 heterocycles. The van der Waals surface area contributed by atoms with Gasteiger partial charge in [0.25, 0.3) is 11.5 Å². The highest BCUT2D eigenvalue weighted by molar-refractivity contribution is 6.06. The summed E-state index contributed by atoms with van der Waals surface area (Å²) in [6, 6.07) is 11.9. The lowest BCUT2D eigenvalue weighted by Gasteiger charge is -2.44. The molecule has 40 heavy (non-hydrogen) atoms. The molecule has 1 saturated carbocycles. The summed E-state index contributed by atoms with van der Waals surface area (Å²) < 4.78 is 12.9. The van der Waals surface area contributed by atoms with Gasteiger partial charge in [-0.05, 0) is 74.6 Å². The van der Waals surface area contributed by atoms with Crippen molar-refractivity contribution < 1.29 is 24.2 Å². The number of ether oxygens (including phenoxy) is 2. The Balaban J connectivity index is 1.27. The molecule has 2 aliphatic carbocycles. The molecule has 0 bridgehead atoms. The minimum Gasteiger partial charge on any atom is -0.497 e. The molecule has 1 amide bonds. The van der Waals surface area contributed by atoms with Gasteiger partial charge in [0.05, 0.1) is 31.0 Å². The van der Waals surface area contributed by atoms with Gasteiger partial charge in [-0.3, -0.25) is 19.4 Å². The molecular weight excluding hydrogens is 512 g/mol. The van der Waals surface area contributed by atoms with Crippen LogP contribution in [0.5, 0.6) is 17.2 Å². The van der Waals surface area contributed by atoms with E-state index in [-0.39, 0.29) is 23.8 Å². The van der Waals surface area contributed by atoms with E-state index < -0.39 is 17.0 Å². The topological polar surface area (TPSA) is 133 Å². The van der Waals surface area contributed by atoms with E-state index in [0.717, 1.165) is 17.3 Å². The maximum absolute atomic E-state index is 13.6. The van der Waals surface area contributed by atoms with Gasteiger partial charge in [0.15, 0.2) is 5.78 Å². The maximum Gasteiger partial charge on any atom is 0.264 e. The molecule has 10 heteroatoms. The summed E-state index contributed by atoms with van der Waals surface area (Å²) in [6.45, 7) is -0.221. The fourth-order valence-corrected chi connectivity index (χ4v) is 5.53. The van der Waals surface area contributed by atoms with E-state index in [9.17, 15) is 19.5 Å². The monoisotopic (exact) mass is 540 g/mol. The molecule has 0 radical (unpaired) electrons. The summed E-state index contributed by atoms with van der Waals surface area (Å²) in [6.07, 6.45) is 6.78. The van der Waals surface area contributed by atoms with Gasteiger partial charge in [0.1, 0.15) is 28.6 Å². The number of ketones is 1. The lowest BCUT2D eigenvalue weighted by Crippen LogP contribution is -2.52. The predicted molar refractivity (Wildman–Crippen MR) is 147 cm³/mol. The van der Waals surface area contributed by atoms with Crippen molar-refractivity contribution in [3.63, 3.8) is 0 Å². The number of nitrogens with zero attached hydrogens (tertiary/aromatic N) is 3. The van der Waals surface area contributed by atoms with Crippen molar-refractivity contribution in [2.75, 3.05) is 19.0 Å². The van der Waals surface area contributed by atoms with Crippen LogP contribution in [0.15, 0.2) is 59.7 Å². The largest absolute Gasteiger partial charge is 0.497 e. The highest BCUT2D eigenvalue weighted by Crippen LogP contribution is 2.40. The van der Waals surface area contributed by atoms with Crippen molar-refractivity contribution >= 4 is 28.4 Å². The fraction of sp³-hybridized carbons (Fsp3) is 0.300. The summed E-state index contributed by atoms with van der Waals surface area (Å²) in [5, 5.41) is 13.6. The van der Waals surface area contributed by atoms with E-state index >= 15 is 0 Å². The third-order valence-electron chi connectivity index (χ3n) is 7.83. The van der Waals surface area contributed by atoms with Gasteiger partial charge < -0.3 is 24.5 Å². The maximum atomic E-state index is 13.6. The molecule has 3 aromatic heterocycles. The van der Waals surface area contributed by atoms with E-state index in [4.69, 9.17) is 9.47 Å². The first-order valence-electron chi connectivity index (χ1n) is 13.2. The molecule has 10 nitrogen and oxygen atoms in total.